The van der Waals surface area contributed by atoms with Crippen molar-refractivity contribution in [1.82, 2.24) is 14.8 Å². The number of hydrogen-bond acceptors (Lipinski definition) is 6. The quantitative estimate of drug-likeness (QED) is 0.447. The van der Waals surface area contributed by atoms with E-state index in [0.717, 1.165) is 43.7 Å². The van der Waals surface area contributed by atoms with Gasteiger partial charge in [0.15, 0.2) is 12.2 Å². The van der Waals surface area contributed by atoms with E-state index in [1.54, 1.807) is 6.07 Å². The van der Waals surface area contributed by atoms with Crippen LogP contribution in [0.5, 0.6) is 11.5 Å². The molecule has 0 unspecified atom stereocenters. The van der Waals surface area contributed by atoms with Crippen molar-refractivity contribution in [3.8, 4) is 34.1 Å². The molecule has 0 saturated heterocycles. The molecule has 2 aromatic carbocycles. The van der Waals surface area contributed by atoms with Gasteiger partial charge in [-0.3, -0.25) is 4.90 Å². The van der Waals surface area contributed by atoms with Crippen LogP contribution in [0.25, 0.3) is 22.6 Å². The third-order valence-corrected chi connectivity index (χ3v) is 5.62. The van der Waals surface area contributed by atoms with Crippen LogP contribution in [0.4, 0.5) is 0 Å². The maximum Gasteiger partial charge on any atom is 0.182 e. The Bertz CT molecular complexity index is 1010. The summed E-state index contributed by atoms with van der Waals surface area (Å²) in [6, 6.07) is 11.5. The fourth-order valence-electron chi connectivity index (χ4n) is 3.84. The van der Waals surface area contributed by atoms with Crippen molar-refractivity contribution in [2.75, 3.05) is 33.7 Å². The summed E-state index contributed by atoms with van der Waals surface area (Å²) in [5.41, 5.74) is 4.02. The van der Waals surface area contributed by atoms with E-state index in [0.29, 0.717) is 17.0 Å². The highest BCUT2D eigenvalue weighted by Crippen LogP contribution is 2.41. The molecule has 32 heavy (non-hydrogen) atoms. The zero-order chi connectivity index (χ0) is 23.3. The van der Waals surface area contributed by atoms with Gasteiger partial charge in [0.1, 0.15) is 17.2 Å². The largest absolute Gasteiger partial charge is 0.508 e. The molecule has 0 aliphatic heterocycles. The molecule has 1 aromatic heterocycles. The molecule has 6 heteroatoms. The van der Waals surface area contributed by atoms with Crippen LogP contribution in [-0.2, 0) is 6.54 Å². The molecule has 3 aromatic rings. The minimum atomic E-state index is -0.0187. The number of likely N-dealkylation sites (N-methyl/N-ethyl adjacent to an activating group) is 1. The number of rotatable bonds is 10. The van der Waals surface area contributed by atoms with Gasteiger partial charge < -0.3 is 19.5 Å². The van der Waals surface area contributed by atoms with Gasteiger partial charge in [0.05, 0.1) is 0 Å². The molecule has 3 rings (SSSR count). The molecule has 0 fully saturated rings. The van der Waals surface area contributed by atoms with E-state index in [-0.39, 0.29) is 17.4 Å². The van der Waals surface area contributed by atoms with E-state index in [2.05, 4.69) is 47.9 Å². The lowest BCUT2D eigenvalue weighted by atomic mass is 9.96. The lowest BCUT2D eigenvalue weighted by Crippen LogP contribution is -2.31. The van der Waals surface area contributed by atoms with Crippen molar-refractivity contribution in [1.29, 1.82) is 0 Å². The van der Waals surface area contributed by atoms with E-state index < -0.39 is 0 Å². The second-order valence-electron chi connectivity index (χ2n) is 8.89. The lowest BCUT2D eigenvalue weighted by molar-refractivity contribution is 0.234. The van der Waals surface area contributed by atoms with E-state index in [9.17, 15) is 10.2 Å². The molecule has 0 atom stereocenters. The zero-order valence-electron chi connectivity index (χ0n) is 19.8. The molecule has 0 radical (unpaired) electrons. The molecule has 0 spiro atoms. The van der Waals surface area contributed by atoms with Gasteiger partial charge in [0.2, 0.25) is 0 Å². The van der Waals surface area contributed by atoms with Gasteiger partial charge in [0, 0.05) is 36.8 Å². The summed E-state index contributed by atoms with van der Waals surface area (Å²) in [5.74, 6) is 0.782. The third kappa shape index (κ3) is 5.69. The standard InChI is InChI=1S/C26H35N3O3/c1-6-11-29(13-12-28(4)5)16-19-7-9-20(10-8-19)26-25(27-17-32-26)22-14-21(18(2)3)23(30)15-24(22)31/h7-10,14-15,17-18,30-31H,6,11-13,16H2,1-5H3. The number of phenolic OH excluding ortho intramolecular Hbond substituents is 2. The number of aromatic hydroxyl groups is 2. The first-order valence-electron chi connectivity index (χ1n) is 11.3. The Kier molecular flexibility index (Phi) is 7.94. The molecule has 0 aliphatic carbocycles. The molecular formula is C26H35N3O3. The average Bonchev–Trinajstić information content (AvgIpc) is 3.22. The lowest BCUT2D eigenvalue weighted by Gasteiger charge is -2.23. The van der Waals surface area contributed by atoms with Crippen LogP contribution in [0.3, 0.4) is 0 Å². The summed E-state index contributed by atoms with van der Waals surface area (Å²) in [5, 5.41) is 20.6. The van der Waals surface area contributed by atoms with Crippen LogP contribution in [0, 0.1) is 0 Å². The molecule has 0 aliphatic rings. The van der Waals surface area contributed by atoms with Crippen molar-refractivity contribution in [2.24, 2.45) is 0 Å². The van der Waals surface area contributed by atoms with Crippen LogP contribution < -0.4 is 0 Å². The topological polar surface area (TPSA) is 73.0 Å². The maximum absolute atomic E-state index is 10.5. The Morgan fingerprint density at radius 3 is 2.31 bits per heavy atom. The maximum atomic E-state index is 10.5. The molecule has 172 valence electrons. The van der Waals surface area contributed by atoms with Crippen molar-refractivity contribution in [2.45, 2.75) is 39.7 Å². The Balaban J connectivity index is 1.84. The van der Waals surface area contributed by atoms with Crippen molar-refractivity contribution >= 4 is 0 Å². The van der Waals surface area contributed by atoms with Gasteiger partial charge in [-0.25, -0.2) is 4.98 Å². The fraction of sp³-hybridized carbons (Fsp3) is 0.423. The second kappa shape index (κ2) is 10.7. The number of aromatic nitrogens is 1. The second-order valence-corrected chi connectivity index (χ2v) is 8.89. The highest BCUT2D eigenvalue weighted by atomic mass is 16.3. The Morgan fingerprint density at radius 2 is 1.69 bits per heavy atom. The van der Waals surface area contributed by atoms with Gasteiger partial charge in [-0.05, 0) is 50.2 Å². The number of phenols is 2. The predicted octanol–water partition coefficient (Wildman–Crippen LogP) is 5.32. The number of oxazole rings is 1. The van der Waals surface area contributed by atoms with E-state index in [4.69, 9.17) is 4.42 Å². The molecular weight excluding hydrogens is 402 g/mol. The predicted molar refractivity (Wildman–Crippen MR) is 129 cm³/mol. The first-order valence-corrected chi connectivity index (χ1v) is 11.3. The molecule has 0 bridgehead atoms. The van der Waals surface area contributed by atoms with Crippen LogP contribution in [0.15, 0.2) is 47.2 Å². The Hall–Kier alpha value is -2.83. The summed E-state index contributed by atoms with van der Waals surface area (Å²) in [6.07, 6.45) is 2.52. The molecule has 2 N–H and O–H groups in total. The summed E-state index contributed by atoms with van der Waals surface area (Å²) in [7, 11) is 4.20. The van der Waals surface area contributed by atoms with Crippen LogP contribution in [0.2, 0.25) is 0 Å². The van der Waals surface area contributed by atoms with Gasteiger partial charge >= 0.3 is 0 Å². The van der Waals surface area contributed by atoms with Crippen molar-refractivity contribution in [3.05, 3.63) is 53.9 Å². The van der Waals surface area contributed by atoms with Gasteiger partial charge in [-0.15, -0.1) is 0 Å². The summed E-state index contributed by atoms with van der Waals surface area (Å²) < 4.78 is 5.71. The minimum Gasteiger partial charge on any atom is -0.508 e. The first kappa shape index (κ1) is 23.8. The average molecular weight is 438 g/mol. The Labute approximate surface area is 191 Å². The summed E-state index contributed by atoms with van der Waals surface area (Å²) in [4.78, 5) is 9.05. The van der Waals surface area contributed by atoms with E-state index in [1.807, 2.05) is 26.0 Å². The molecule has 1 heterocycles. The van der Waals surface area contributed by atoms with Crippen LogP contribution >= 0.6 is 0 Å². The van der Waals surface area contributed by atoms with Crippen molar-refractivity contribution < 1.29 is 14.6 Å². The monoisotopic (exact) mass is 437 g/mol. The van der Waals surface area contributed by atoms with Gasteiger partial charge in [-0.2, -0.15) is 0 Å². The fourth-order valence-corrected chi connectivity index (χ4v) is 3.84. The number of nitrogens with zero attached hydrogens (tertiary/aromatic N) is 3. The smallest absolute Gasteiger partial charge is 0.182 e. The molecule has 0 amide bonds. The normalized spacial score (nSPS) is 11.8. The highest BCUT2D eigenvalue weighted by Gasteiger charge is 2.19. The van der Waals surface area contributed by atoms with Crippen LogP contribution in [0.1, 0.15) is 44.2 Å². The highest BCUT2D eigenvalue weighted by molar-refractivity contribution is 5.81. The zero-order valence-corrected chi connectivity index (χ0v) is 19.8. The van der Waals surface area contributed by atoms with Crippen molar-refractivity contribution in [3.63, 3.8) is 0 Å². The minimum absolute atomic E-state index is 0.0187. The number of hydrogen-bond donors (Lipinski definition) is 2. The van der Waals surface area contributed by atoms with E-state index >= 15 is 0 Å². The number of benzene rings is 2. The summed E-state index contributed by atoms with van der Waals surface area (Å²) >= 11 is 0. The summed E-state index contributed by atoms with van der Waals surface area (Å²) in [6.45, 7) is 10.3. The molecule has 6 nitrogen and oxygen atoms in total. The van der Waals surface area contributed by atoms with E-state index in [1.165, 1.54) is 18.0 Å². The van der Waals surface area contributed by atoms with Gasteiger partial charge in [-0.1, -0.05) is 45.0 Å². The molecule has 0 saturated carbocycles. The van der Waals surface area contributed by atoms with Gasteiger partial charge in [0.25, 0.3) is 0 Å². The Morgan fingerprint density at radius 1 is 0.969 bits per heavy atom. The SMILES string of the molecule is CCCN(CCN(C)C)Cc1ccc(-c2ocnc2-c2cc(C(C)C)c(O)cc2O)cc1. The van der Waals surface area contributed by atoms with Crippen LogP contribution in [-0.4, -0.2) is 58.7 Å². The first-order chi connectivity index (χ1) is 15.3. The third-order valence-electron chi connectivity index (χ3n) is 5.62.